The zero-order valence-electron chi connectivity index (χ0n) is 8.88. The van der Waals surface area contributed by atoms with E-state index in [1.165, 1.54) is 35.6 Å². The Kier molecular flexibility index (Phi) is 3.82. The summed E-state index contributed by atoms with van der Waals surface area (Å²) < 4.78 is 18.1. The Morgan fingerprint density at radius 2 is 2.18 bits per heavy atom. The fourth-order valence-corrected chi connectivity index (χ4v) is 1.98. The lowest BCUT2D eigenvalue weighted by atomic mass is 10.2. The topological polar surface area (TPSA) is 39.2 Å². The molecule has 0 spiro atoms. The van der Waals surface area contributed by atoms with Crippen molar-refractivity contribution < 1.29 is 13.9 Å². The lowest BCUT2D eigenvalue weighted by Crippen LogP contribution is -2.11. The Balaban J connectivity index is 1.97. The summed E-state index contributed by atoms with van der Waals surface area (Å²) in [7, 11) is 0. The number of carbonyl (C=O) groups is 1. The number of aldehydes is 1. The fourth-order valence-electron chi connectivity index (χ4n) is 1.30. The van der Waals surface area contributed by atoms with Crippen molar-refractivity contribution in [3.63, 3.8) is 0 Å². The summed E-state index contributed by atoms with van der Waals surface area (Å²) in [6.45, 7) is 0.211. The van der Waals surface area contributed by atoms with Crippen molar-refractivity contribution in [2.45, 2.75) is 5.92 Å². The standard InChI is InChI=1S/C12H10FNO2S/c13-10-1-3-11(4-2-10)16-8-9(7-15)12-14-5-6-17-12/h1-7,9H,8H2. The number of nitrogens with zero attached hydrogens (tertiary/aromatic N) is 1. The number of halogens is 1. The summed E-state index contributed by atoms with van der Waals surface area (Å²) in [5.41, 5.74) is 0. The third-order valence-corrected chi connectivity index (χ3v) is 3.08. The van der Waals surface area contributed by atoms with E-state index in [0.29, 0.717) is 5.75 Å². The average Bonchev–Trinajstić information content (AvgIpc) is 2.86. The van der Waals surface area contributed by atoms with Crippen LogP contribution in [0.15, 0.2) is 35.8 Å². The molecule has 88 valence electrons. The van der Waals surface area contributed by atoms with Crippen LogP contribution in [0, 0.1) is 5.82 Å². The molecular weight excluding hydrogens is 241 g/mol. The van der Waals surface area contributed by atoms with Crippen LogP contribution in [-0.4, -0.2) is 17.9 Å². The molecule has 1 aromatic carbocycles. The van der Waals surface area contributed by atoms with Gasteiger partial charge >= 0.3 is 0 Å². The summed E-state index contributed by atoms with van der Waals surface area (Å²) in [5, 5.41) is 2.53. The summed E-state index contributed by atoms with van der Waals surface area (Å²) in [6, 6.07) is 5.68. The summed E-state index contributed by atoms with van der Waals surface area (Å²) in [4.78, 5) is 15.0. The highest BCUT2D eigenvalue weighted by Gasteiger charge is 2.13. The summed E-state index contributed by atoms with van der Waals surface area (Å²) >= 11 is 1.41. The minimum absolute atomic E-state index is 0.211. The van der Waals surface area contributed by atoms with Gasteiger partial charge in [0.25, 0.3) is 0 Å². The van der Waals surface area contributed by atoms with Gasteiger partial charge in [0.15, 0.2) is 0 Å². The molecule has 0 N–H and O–H groups in total. The highest BCUT2D eigenvalue weighted by Crippen LogP contribution is 2.18. The maximum atomic E-state index is 12.7. The van der Waals surface area contributed by atoms with Gasteiger partial charge < -0.3 is 9.53 Å². The van der Waals surface area contributed by atoms with Crippen molar-refractivity contribution in [1.29, 1.82) is 0 Å². The highest BCUT2D eigenvalue weighted by molar-refractivity contribution is 7.09. The van der Waals surface area contributed by atoms with E-state index in [4.69, 9.17) is 4.74 Å². The van der Waals surface area contributed by atoms with E-state index in [2.05, 4.69) is 4.98 Å². The van der Waals surface area contributed by atoms with Crippen LogP contribution >= 0.6 is 11.3 Å². The molecular formula is C12H10FNO2S. The molecule has 0 bridgehead atoms. The number of aromatic nitrogens is 1. The maximum absolute atomic E-state index is 12.7. The van der Waals surface area contributed by atoms with Gasteiger partial charge in [-0.05, 0) is 24.3 Å². The van der Waals surface area contributed by atoms with E-state index < -0.39 is 0 Å². The Morgan fingerprint density at radius 3 is 2.76 bits per heavy atom. The fraction of sp³-hybridized carbons (Fsp3) is 0.167. The molecule has 0 radical (unpaired) electrons. The number of benzene rings is 1. The lowest BCUT2D eigenvalue weighted by molar-refractivity contribution is -0.109. The van der Waals surface area contributed by atoms with E-state index in [-0.39, 0.29) is 18.3 Å². The van der Waals surface area contributed by atoms with Gasteiger partial charge in [0.05, 0.1) is 0 Å². The van der Waals surface area contributed by atoms with E-state index in [1.54, 1.807) is 6.20 Å². The normalized spacial score (nSPS) is 12.1. The van der Waals surface area contributed by atoms with Gasteiger partial charge in [-0.2, -0.15) is 0 Å². The average molecular weight is 251 g/mol. The van der Waals surface area contributed by atoms with Gasteiger partial charge in [0, 0.05) is 11.6 Å². The zero-order valence-corrected chi connectivity index (χ0v) is 9.69. The number of hydrogen-bond acceptors (Lipinski definition) is 4. The molecule has 1 atom stereocenters. The smallest absolute Gasteiger partial charge is 0.133 e. The Bertz CT molecular complexity index is 470. The molecule has 1 heterocycles. The van der Waals surface area contributed by atoms with Crippen molar-refractivity contribution in [1.82, 2.24) is 4.98 Å². The highest BCUT2D eigenvalue weighted by atomic mass is 32.1. The van der Waals surface area contributed by atoms with Gasteiger partial charge in [-0.25, -0.2) is 9.37 Å². The third kappa shape index (κ3) is 3.10. The molecule has 0 amide bonds. The van der Waals surface area contributed by atoms with Crippen LogP contribution in [0.3, 0.4) is 0 Å². The van der Waals surface area contributed by atoms with Gasteiger partial charge in [-0.15, -0.1) is 11.3 Å². The second kappa shape index (κ2) is 5.54. The zero-order chi connectivity index (χ0) is 12.1. The SMILES string of the molecule is O=CC(COc1ccc(F)cc1)c1nccs1. The molecule has 0 fully saturated rings. The van der Waals surface area contributed by atoms with E-state index in [0.717, 1.165) is 11.3 Å². The largest absolute Gasteiger partial charge is 0.492 e. The minimum atomic E-state index is -0.375. The van der Waals surface area contributed by atoms with Gasteiger partial charge in [-0.1, -0.05) is 0 Å². The van der Waals surface area contributed by atoms with Crippen molar-refractivity contribution in [2.75, 3.05) is 6.61 Å². The molecule has 0 aliphatic rings. The van der Waals surface area contributed by atoms with Gasteiger partial charge in [-0.3, -0.25) is 0 Å². The molecule has 2 rings (SSSR count). The van der Waals surface area contributed by atoms with Crippen LogP contribution < -0.4 is 4.74 Å². The number of rotatable bonds is 5. The molecule has 0 saturated heterocycles. The Hall–Kier alpha value is -1.75. The van der Waals surface area contributed by atoms with E-state index in [1.807, 2.05) is 5.38 Å². The van der Waals surface area contributed by atoms with Crippen LogP contribution in [0.25, 0.3) is 0 Å². The molecule has 0 saturated carbocycles. The van der Waals surface area contributed by atoms with Crippen LogP contribution in [-0.2, 0) is 4.79 Å². The molecule has 3 nitrogen and oxygen atoms in total. The predicted molar refractivity (Wildman–Crippen MR) is 62.8 cm³/mol. The molecule has 0 aliphatic carbocycles. The van der Waals surface area contributed by atoms with Crippen LogP contribution in [0.2, 0.25) is 0 Å². The Morgan fingerprint density at radius 1 is 1.41 bits per heavy atom. The molecule has 17 heavy (non-hydrogen) atoms. The minimum Gasteiger partial charge on any atom is -0.492 e. The first-order valence-electron chi connectivity index (χ1n) is 5.02. The quantitative estimate of drug-likeness (QED) is 0.767. The molecule has 1 aromatic heterocycles. The lowest BCUT2D eigenvalue weighted by Gasteiger charge is -2.09. The first-order chi connectivity index (χ1) is 8.29. The van der Waals surface area contributed by atoms with Crippen LogP contribution in [0.5, 0.6) is 5.75 Å². The number of hydrogen-bond donors (Lipinski definition) is 0. The van der Waals surface area contributed by atoms with E-state index >= 15 is 0 Å². The second-order valence-electron chi connectivity index (χ2n) is 3.38. The summed E-state index contributed by atoms with van der Waals surface area (Å²) in [6.07, 6.45) is 2.46. The summed E-state index contributed by atoms with van der Waals surface area (Å²) in [5.74, 6) is -0.154. The van der Waals surface area contributed by atoms with Gasteiger partial charge in [0.2, 0.25) is 0 Å². The van der Waals surface area contributed by atoms with Crippen LogP contribution in [0.1, 0.15) is 10.9 Å². The molecule has 1 unspecified atom stereocenters. The third-order valence-electron chi connectivity index (χ3n) is 2.18. The first kappa shape index (κ1) is 11.7. The monoisotopic (exact) mass is 251 g/mol. The number of ether oxygens (including phenoxy) is 1. The van der Waals surface area contributed by atoms with Crippen molar-refractivity contribution in [3.8, 4) is 5.75 Å². The van der Waals surface area contributed by atoms with Crippen molar-refractivity contribution in [3.05, 3.63) is 46.7 Å². The van der Waals surface area contributed by atoms with Gasteiger partial charge in [0.1, 0.15) is 35.4 Å². The number of carbonyl (C=O) groups excluding carboxylic acids is 1. The number of thiazole rings is 1. The van der Waals surface area contributed by atoms with E-state index in [9.17, 15) is 9.18 Å². The first-order valence-corrected chi connectivity index (χ1v) is 5.90. The van der Waals surface area contributed by atoms with Crippen molar-refractivity contribution >= 4 is 17.6 Å². The molecule has 0 aliphatic heterocycles. The second-order valence-corrected chi connectivity index (χ2v) is 4.30. The Labute approximate surface area is 102 Å². The maximum Gasteiger partial charge on any atom is 0.133 e. The molecule has 2 aromatic rings. The van der Waals surface area contributed by atoms with Crippen LogP contribution in [0.4, 0.5) is 4.39 Å². The van der Waals surface area contributed by atoms with Crippen molar-refractivity contribution in [2.24, 2.45) is 0 Å². The predicted octanol–water partition coefficient (Wildman–Crippen LogP) is 2.64. The molecule has 5 heteroatoms.